The number of hydrogen-bond donors (Lipinski definition) is 0. The van der Waals surface area contributed by atoms with E-state index >= 15 is 0 Å². The van der Waals surface area contributed by atoms with Gasteiger partial charge >= 0.3 is 6.09 Å². The van der Waals surface area contributed by atoms with Gasteiger partial charge in [-0.05, 0) is 12.0 Å². The summed E-state index contributed by atoms with van der Waals surface area (Å²) in [6, 6.07) is 9.72. The van der Waals surface area contributed by atoms with Crippen LogP contribution in [0.25, 0.3) is 0 Å². The predicted molar refractivity (Wildman–Crippen MR) is 83.9 cm³/mol. The number of nitrogens with zero attached hydrogens (tertiary/aromatic N) is 1. The highest BCUT2D eigenvalue weighted by molar-refractivity contribution is 14.2. The molecule has 2 rings (SSSR count). The number of carbonyl (C=O) groups excluding carboxylic acids is 1. The Balaban J connectivity index is 1.72. The van der Waals surface area contributed by atoms with Crippen molar-refractivity contribution in [3.05, 3.63) is 35.9 Å². The largest absolute Gasteiger partial charge is 0.445 e. The van der Waals surface area contributed by atoms with E-state index in [1.807, 2.05) is 30.3 Å². The number of carbonyl (C=O) groups is 1. The highest BCUT2D eigenvalue weighted by Gasteiger charge is 2.27. The van der Waals surface area contributed by atoms with Gasteiger partial charge in [0.1, 0.15) is 6.61 Å². The molecule has 1 heterocycles. The lowest BCUT2D eigenvalue weighted by atomic mass is 10.1. The molecule has 1 atom stereocenters. The van der Waals surface area contributed by atoms with Crippen LogP contribution >= 0.6 is 30.4 Å². The van der Waals surface area contributed by atoms with E-state index in [4.69, 9.17) is 8.92 Å². The summed E-state index contributed by atoms with van der Waals surface area (Å²) >= 11 is 2.10. The molecule has 1 aliphatic heterocycles. The standard InChI is InChI=1S/C13H16INO3S/c14-19-18-10-12-6-7-15(8-12)13(16)17-9-11-4-2-1-3-5-11/h1-5,12H,6-10H2. The smallest absolute Gasteiger partial charge is 0.410 e. The molecule has 0 saturated carbocycles. The summed E-state index contributed by atoms with van der Waals surface area (Å²) in [7, 11) is 1.34. The van der Waals surface area contributed by atoms with Gasteiger partial charge in [0.15, 0.2) is 0 Å². The molecule has 1 aromatic carbocycles. The van der Waals surface area contributed by atoms with E-state index in [1.54, 1.807) is 4.90 Å². The Morgan fingerprint density at radius 1 is 1.42 bits per heavy atom. The first-order valence-electron chi connectivity index (χ1n) is 6.15. The van der Waals surface area contributed by atoms with Crippen LogP contribution in [0.2, 0.25) is 0 Å². The Hall–Kier alpha value is -0.470. The van der Waals surface area contributed by atoms with Gasteiger partial charge in [0.25, 0.3) is 0 Å². The maximum Gasteiger partial charge on any atom is 0.410 e. The Morgan fingerprint density at radius 2 is 2.21 bits per heavy atom. The number of benzene rings is 1. The SMILES string of the molecule is O=C(OCc1ccccc1)N1CCC(COSI)C1. The molecular formula is C13H16INO3S. The summed E-state index contributed by atoms with van der Waals surface area (Å²) < 4.78 is 10.6. The van der Waals surface area contributed by atoms with Crippen molar-refractivity contribution in [3.63, 3.8) is 0 Å². The van der Waals surface area contributed by atoms with E-state index in [0.29, 0.717) is 19.1 Å². The number of halogens is 1. The monoisotopic (exact) mass is 393 g/mol. The van der Waals surface area contributed by atoms with Gasteiger partial charge in [0, 0.05) is 40.2 Å². The first-order chi connectivity index (χ1) is 9.29. The van der Waals surface area contributed by atoms with Crippen LogP contribution in [-0.4, -0.2) is 30.7 Å². The molecule has 0 radical (unpaired) electrons. The maximum atomic E-state index is 11.9. The minimum atomic E-state index is -0.228. The van der Waals surface area contributed by atoms with Crippen molar-refractivity contribution < 1.29 is 13.7 Å². The minimum absolute atomic E-state index is 0.228. The number of rotatable bonds is 5. The van der Waals surface area contributed by atoms with Crippen LogP contribution in [0, 0.1) is 5.92 Å². The van der Waals surface area contributed by atoms with E-state index < -0.39 is 0 Å². The number of amides is 1. The fraction of sp³-hybridized carbons (Fsp3) is 0.462. The van der Waals surface area contributed by atoms with E-state index in [2.05, 4.69) is 21.2 Å². The lowest BCUT2D eigenvalue weighted by Gasteiger charge is -2.16. The summed E-state index contributed by atoms with van der Waals surface area (Å²) in [5.74, 6) is 0.423. The van der Waals surface area contributed by atoms with Crippen LogP contribution < -0.4 is 0 Å². The highest BCUT2D eigenvalue weighted by Crippen LogP contribution is 2.21. The van der Waals surface area contributed by atoms with Crippen LogP contribution in [-0.2, 0) is 15.5 Å². The first-order valence-corrected chi connectivity index (χ1v) is 9.44. The van der Waals surface area contributed by atoms with Crippen molar-refractivity contribution in [2.75, 3.05) is 19.7 Å². The molecule has 6 heteroatoms. The zero-order valence-corrected chi connectivity index (χ0v) is 13.4. The van der Waals surface area contributed by atoms with Gasteiger partial charge < -0.3 is 13.8 Å². The Bertz CT molecular complexity index is 404. The predicted octanol–water partition coefficient (Wildman–Crippen LogP) is 3.66. The second-order valence-corrected chi connectivity index (χ2v) is 5.93. The van der Waals surface area contributed by atoms with Gasteiger partial charge in [-0.2, -0.15) is 0 Å². The molecule has 0 bridgehead atoms. The van der Waals surface area contributed by atoms with Crippen LogP contribution in [0.3, 0.4) is 0 Å². The van der Waals surface area contributed by atoms with E-state index in [-0.39, 0.29) is 6.09 Å². The lowest BCUT2D eigenvalue weighted by molar-refractivity contribution is 0.102. The van der Waals surface area contributed by atoms with Gasteiger partial charge in [0.2, 0.25) is 0 Å². The lowest BCUT2D eigenvalue weighted by Crippen LogP contribution is -2.29. The summed E-state index contributed by atoms with van der Waals surface area (Å²) in [4.78, 5) is 13.7. The third-order valence-corrected chi connectivity index (χ3v) is 4.09. The van der Waals surface area contributed by atoms with Gasteiger partial charge in [-0.1, -0.05) is 30.3 Å². The molecule has 0 spiro atoms. The summed E-state index contributed by atoms with van der Waals surface area (Å²) in [6.45, 7) is 2.51. The Morgan fingerprint density at radius 3 is 2.95 bits per heavy atom. The zero-order valence-electron chi connectivity index (χ0n) is 10.5. The molecule has 4 nitrogen and oxygen atoms in total. The highest BCUT2D eigenvalue weighted by atomic mass is 127. The Labute approximate surface area is 129 Å². The van der Waals surface area contributed by atoms with Crippen molar-refractivity contribution in [2.24, 2.45) is 5.92 Å². The second kappa shape index (κ2) is 7.96. The molecule has 1 amide bonds. The molecule has 0 N–H and O–H groups in total. The van der Waals surface area contributed by atoms with Crippen LogP contribution in [0.5, 0.6) is 0 Å². The molecule has 1 unspecified atom stereocenters. The average Bonchev–Trinajstić information content (AvgIpc) is 2.92. The molecule has 1 fully saturated rings. The molecule has 104 valence electrons. The van der Waals surface area contributed by atoms with Crippen molar-refractivity contribution in [3.8, 4) is 0 Å². The Kier molecular flexibility index (Phi) is 6.25. The van der Waals surface area contributed by atoms with Crippen molar-refractivity contribution in [1.82, 2.24) is 4.90 Å². The maximum absolute atomic E-state index is 11.9. The number of hydrogen-bond acceptors (Lipinski definition) is 4. The van der Waals surface area contributed by atoms with Crippen LogP contribution in [0.15, 0.2) is 30.3 Å². The van der Waals surface area contributed by atoms with E-state index in [9.17, 15) is 4.79 Å². The number of likely N-dealkylation sites (tertiary alicyclic amines) is 1. The van der Waals surface area contributed by atoms with E-state index in [1.165, 1.54) is 9.21 Å². The van der Waals surface area contributed by atoms with E-state index in [0.717, 1.165) is 25.1 Å². The normalized spacial score (nSPS) is 18.6. The fourth-order valence-corrected chi connectivity index (χ4v) is 2.75. The van der Waals surface area contributed by atoms with Crippen molar-refractivity contribution >= 4 is 36.5 Å². The van der Waals surface area contributed by atoms with Gasteiger partial charge in [-0.3, -0.25) is 0 Å². The topological polar surface area (TPSA) is 38.8 Å². The van der Waals surface area contributed by atoms with Gasteiger partial charge in [-0.15, -0.1) is 0 Å². The molecule has 1 aliphatic rings. The van der Waals surface area contributed by atoms with Crippen LogP contribution in [0.4, 0.5) is 4.79 Å². The minimum Gasteiger partial charge on any atom is -0.445 e. The molecule has 1 aromatic rings. The summed E-state index contributed by atoms with van der Waals surface area (Å²) in [5.41, 5.74) is 1.01. The fourth-order valence-electron chi connectivity index (χ4n) is 2.07. The third kappa shape index (κ3) is 4.85. The summed E-state index contributed by atoms with van der Waals surface area (Å²) in [5, 5.41) is 0. The molecular weight excluding hydrogens is 377 g/mol. The molecule has 1 saturated heterocycles. The molecule has 0 aromatic heterocycles. The average molecular weight is 393 g/mol. The molecule has 0 aliphatic carbocycles. The van der Waals surface area contributed by atoms with Crippen molar-refractivity contribution in [2.45, 2.75) is 13.0 Å². The second-order valence-electron chi connectivity index (χ2n) is 4.49. The first kappa shape index (κ1) is 14.9. The van der Waals surface area contributed by atoms with Gasteiger partial charge in [-0.25, -0.2) is 4.79 Å². The van der Waals surface area contributed by atoms with Crippen molar-refractivity contribution in [1.29, 1.82) is 0 Å². The number of ether oxygens (including phenoxy) is 1. The van der Waals surface area contributed by atoms with Gasteiger partial charge in [0.05, 0.1) is 15.8 Å². The molecule has 19 heavy (non-hydrogen) atoms. The third-order valence-electron chi connectivity index (χ3n) is 3.10. The zero-order chi connectivity index (χ0) is 13.5. The quantitative estimate of drug-likeness (QED) is 0.566. The van der Waals surface area contributed by atoms with Crippen LogP contribution in [0.1, 0.15) is 12.0 Å². The summed E-state index contributed by atoms with van der Waals surface area (Å²) in [6.07, 6.45) is 0.756.